The monoisotopic (exact) mass is 487 g/mol. The van der Waals surface area contributed by atoms with Crippen molar-refractivity contribution in [3.05, 3.63) is 102 Å². The first kappa shape index (κ1) is 26.0. The third kappa shape index (κ3) is 6.16. The molecule has 0 aliphatic heterocycles. The Hall–Kier alpha value is -3.12. The second-order valence-electron chi connectivity index (χ2n) is 8.73. The van der Waals surface area contributed by atoms with E-state index in [2.05, 4.69) is 18.2 Å². The van der Waals surface area contributed by atoms with Crippen molar-refractivity contribution in [1.82, 2.24) is 4.98 Å². The van der Waals surface area contributed by atoms with Crippen molar-refractivity contribution in [3.8, 4) is 28.3 Å². The molecule has 0 N–H and O–H groups in total. The molecule has 3 aromatic carbocycles. The van der Waals surface area contributed by atoms with Gasteiger partial charge in [-0.2, -0.15) is 0 Å². The second-order valence-corrected chi connectivity index (χ2v) is 8.73. The number of hydrogen-bond acceptors (Lipinski definition) is 5. The first-order chi connectivity index (χ1) is 17.2. The van der Waals surface area contributed by atoms with E-state index in [0.29, 0.717) is 11.6 Å². The molecule has 1 heterocycles. The summed E-state index contributed by atoms with van der Waals surface area (Å²) in [6, 6.07) is 27.8. The Balaban J connectivity index is 0.00000304. The summed E-state index contributed by atoms with van der Waals surface area (Å²) in [6.07, 6.45) is 6.16. The van der Waals surface area contributed by atoms with E-state index in [-0.39, 0.29) is 35.5 Å². The normalized spacial score (nSPS) is 15.0. The maximum Gasteiger partial charge on any atom is 1.00 e. The van der Waals surface area contributed by atoms with Gasteiger partial charge in [-0.25, -0.2) is 4.98 Å². The number of carboxylic acid groups (broad SMARTS) is 1. The molecule has 1 aliphatic rings. The van der Waals surface area contributed by atoms with E-state index in [0.717, 1.165) is 59.4 Å². The van der Waals surface area contributed by atoms with E-state index < -0.39 is 12.6 Å². The molecule has 36 heavy (non-hydrogen) atoms. The summed E-state index contributed by atoms with van der Waals surface area (Å²) in [7, 11) is 0. The fraction of sp³-hybridized carbons (Fsp3) is 0.200. The zero-order chi connectivity index (χ0) is 24.0. The van der Waals surface area contributed by atoms with Crippen LogP contribution in [-0.2, 0) is 11.2 Å². The number of nitrogens with zero attached hydrogens (tertiary/aromatic N) is 1. The number of carboxylic acids is 1. The van der Waals surface area contributed by atoms with Crippen LogP contribution in [0, 0.1) is 5.92 Å². The fourth-order valence-electron chi connectivity index (χ4n) is 4.63. The molecule has 5 nitrogen and oxygen atoms in total. The number of carbonyl (C=O) groups is 1. The van der Waals surface area contributed by atoms with Crippen LogP contribution in [0.3, 0.4) is 0 Å². The molecule has 0 saturated heterocycles. The van der Waals surface area contributed by atoms with Crippen LogP contribution in [0.5, 0.6) is 5.75 Å². The smallest absolute Gasteiger partial charge is 0.546 e. The quantitative estimate of drug-likeness (QED) is 0.357. The first-order valence-electron chi connectivity index (χ1n) is 11.9. The van der Waals surface area contributed by atoms with Crippen LogP contribution in [0.1, 0.15) is 30.7 Å². The van der Waals surface area contributed by atoms with Crippen LogP contribution in [0.2, 0.25) is 0 Å². The van der Waals surface area contributed by atoms with E-state index in [1.807, 2.05) is 66.7 Å². The maximum absolute atomic E-state index is 10.7. The molecule has 0 radical (unpaired) electrons. The standard InChI is InChI=1S/C30H27NO4.Na/c32-27(33)20-34-25-16-9-10-21(19-25)18-24-15-7-8-17-26(24)30-31-28(22-11-3-1-4-12-22)29(35-30)23-13-5-2-6-14-23;/h1-6,9-14,16-17,19,24H,7-8,15,18,20H2,(H,32,33);/q;+1/p-1/t24-;/m1./s1. The van der Waals surface area contributed by atoms with E-state index in [1.54, 1.807) is 6.07 Å². The minimum atomic E-state index is -1.24. The van der Waals surface area contributed by atoms with Gasteiger partial charge in [0.05, 0.1) is 5.97 Å². The maximum atomic E-state index is 10.7. The predicted octanol–water partition coefficient (Wildman–Crippen LogP) is 2.57. The summed E-state index contributed by atoms with van der Waals surface area (Å²) < 4.78 is 11.8. The van der Waals surface area contributed by atoms with Gasteiger partial charge in [0.25, 0.3) is 0 Å². The van der Waals surface area contributed by atoms with Gasteiger partial charge in [0.2, 0.25) is 5.89 Å². The van der Waals surface area contributed by atoms with Crippen LogP contribution in [0.4, 0.5) is 0 Å². The molecular weight excluding hydrogens is 461 g/mol. The molecule has 1 atom stereocenters. The molecule has 1 aliphatic carbocycles. The number of benzene rings is 3. The summed E-state index contributed by atoms with van der Waals surface area (Å²) in [5.41, 5.74) is 5.06. The third-order valence-corrected chi connectivity index (χ3v) is 6.26. The van der Waals surface area contributed by atoms with Gasteiger partial charge in [-0.15, -0.1) is 0 Å². The van der Waals surface area contributed by atoms with Crippen molar-refractivity contribution in [2.24, 2.45) is 5.92 Å². The Kier molecular flexibility index (Phi) is 8.81. The number of carbonyl (C=O) groups excluding carboxylic acids is 1. The number of hydrogen-bond donors (Lipinski definition) is 0. The van der Waals surface area contributed by atoms with Gasteiger partial charge < -0.3 is 19.1 Å². The summed E-state index contributed by atoms with van der Waals surface area (Å²) >= 11 is 0. The molecule has 4 aromatic rings. The van der Waals surface area contributed by atoms with Crippen molar-refractivity contribution in [1.29, 1.82) is 0 Å². The van der Waals surface area contributed by atoms with Crippen molar-refractivity contribution in [3.63, 3.8) is 0 Å². The van der Waals surface area contributed by atoms with Crippen molar-refractivity contribution in [2.45, 2.75) is 25.7 Å². The Labute approximate surface area is 233 Å². The molecule has 0 bridgehead atoms. The molecule has 0 unspecified atom stereocenters. The molecule has 176 valence electrons. The number of ether oxygens (including phenoxy) is 1. The molecule has 1 aromatic heterocycles. The van der Waals surface area contributed by atoms with Crippen LogP contribution in [0.25, 0.3) is 28.2 Å². The fourth-order valence-corrected chi connectivity index (χ4v) is 4.63. The van der Waals surface area contributed by atoms with Crippen LogP contribution in [0.15, 0.2) is 95.4 Å². The van der Waals surface area contributed by atoms with Gasteiger partial charge in [0, 0.05) is 16.7 Å². The summed E-state index contributed by atoms with van der Waals surface area (Å²) in [6.45, 7) is -0.459. The van der Waals surface area contributed by atoms with Gasteiger partial charge in [0.1, 0.15) is 18.1 Å². The zero-order valence-corrected chi connectivity index (χ0v) is 22.4. The Bertz CT molecular complexity index is 1270. The molecule has 0 spiro atoms. The SMILES string of the molecule is O=C([O-])COc1cccc(C[C@H]2CCCC=C2c2nc(-c3ccccc3)c(-c3ccccc3)o2)c1.[Na+]. The summed E-state index contributed by atoms with van der Waals surface area (Å²) in [4.78, 5) is 15.8. The minimum Gasteiger partial charge on any atom is -0.546 e. The van der Waals surface area contributed by atoms with E-state index in [4.69, 9.17) is 14.1 Å². The zero-order valence-electron chi connectivity index (χ0n) is 20.4. The van der Waals surface area contributed by atoms with Gasteiger partial charge >= 0.3 is 29.6 Å². The number of allylic oxidation sites excluding steroid dienone is 2. The van der Waals surface area contributed by atoms with Gasteiger partial charge in [-0.3, -0.25) is 0 Å². The van der Waals surface area contributed by atoms with E-state index in [1.165, 1.54) is 0 Å². The van der Waals surface area contributed by atoms with Crippen molar-refractivity contribution >= 4 is 11.5 Å². The predicted molar refractivity (Wildman–Crippen MR) is 133 cm³/mol. The van der Waals surface area contributed by atoms with E-state index >= 15 is 0 Å². The van der Waals surface area contributed by atoms with E-state index in [9.17, 15) is 9.90 Å². The average Bonchev–Trinajstić information content (AvgIpc) is 3.34. The number of aromatic nitrogens is 1. The summed E-state index contributed by atoms with van der Waals surface area (Å²) in [5.74, 6) is 0.972. The molecular formula is C30H26NNaO4. The van der Waals surface area contributed by atoms with Gasteiger partial charge in [-0.1, -0.05) is 78.9 Å². The second kappa shape index (κ2) is 12.2. The van der Waals surface area contributed by atoms with Crippen LogP contribution in [-0.4, -0.2) is 17.6 Å². The van der Waals surface area contributed by atoms with Gasteiger partial charge in [-0.05, 0) is 49.3 Å². The topological polar surface area (TPSA) is 75.4 Å². The minimum absolute atomic E-state index is 0. The average molecular weight is 488 g/mol. The van der Waals surface area contributed by atoms with Crippen molar-refractivity contribution in [2.75, 3.05) is 6.61 Å². The number of oxazole rings is 1. The number of rotatable bonds is 8. The molecule has 0 saturated carbocycles. The van der Waals surface area contributed by atoms with Gasteiger partial charge in [0.15, 0.2) is 5.76 Å². The van der Waals surface area contributed by atoms with Crippen molar-refractivity contribution < 1.29 is 48.6 Å². The molecule has 6 heteroatoms. The Morgan fingerprint density at radius 3 is 2.42 bits per heavy atom. The summed E-state index contributed by atoms with van der Waals surface area (Å²) in [5, 5.41) is 10.7. The third-order valence-electron chi connectivity index (χ3n) is 6.26. The Morgan fingerprint density at radius 2 is 1.69 bits per heavy atom. The Morgan fingerprint density at radius 1 is 0.972 bits per heavy atom. The molecule has 5 rings (SSSR count). The number of aliphatic carboxylic acids is 1. The molecule has 0 fully saturated rings. The largest absolute Gasteiger partial charge is 1.00 e. The molecule has 0 amide bonds. The van der Waals surface area contributed by atoms with Crippen LogP contribution >= 0.6 is 0 Å². The van der Waals surface area contributed by atoms with Crippen LogP contribution < -0.4 is 39.4 Å². The first-order valence-corrected chi connectivity index (χ1v) is 11.9.